The van der Waals surface area contributed by atoms with Crippen LogP contribution in [0.15, 0.2) is 77.7 Å². The van der Waals surface area contributed by atoms with Gasteiger partial charge in [0.25, 0.3) is 10.0 Å². The van der Waals surface area contributed by atoms with Gasteiger partial charge < -0.3 is 10.2 Å². The molecule has 2 amide bonds. The van der Waals surface area contributed by atoms with E-state index in [0.29, 0.717) is 13.0 Å². The van der Waals surface area contributed by atoms with Crippen LogP contribution >= 0.6 is 23.2 Å². The Labute approximate surface area is 240 Å². The number of rotatable bonds is 12. The third-order valence-corrected chi connectivity index (χ3v) is 8.59. The monoisotopic (exact) mass is 589 g/mol. The minimum absolute atomic E-state index is 0.00140. The third-order valence-electron chi connectivity index (χ3n) is 6.27. The van der Waals surface area contributed by atoms with Crippen LogP contribution in [0.5, 0.6) is 0 Å². The van der Waals surface area contributed by atoms with Crippen molar-refractivity contribution in [3.63, 3.8) is 0 Å². The summed E-state index contributed by atoms with van der Waals surface area (Å²) in [5.74, 6) is -0.858. The molecule has 1 unspecified atom stereocenters. The minimum atomic E-state index is -4.22. The van der Waals surface area contributed by atoms with Crippen molar-refractivity contribution in [1.82, 2.24) is 10.2 Å². The van der Waals surface area contributed by atoms with Gasteiger partial charge in [0.05, 0.1) is 15.6 Å². The number of nitrogens with one attached hydrogen (secondary N) is 1. The highest BCUT2D eigenvalue weighted by molar-refractivity contribution is 7.92. The topological polar surface area (TPSA) is 86.8 Å². The molecule has 1 N–H and O–H groups in total. The van der Waals surface area contributed by atoms with Crippen molar-refractivity contribution in [2.75, 3.05) is 23.9 Å². The van der Waals surface area contributed by atoms with E-state index >= 15 is 0 Å². The largest absolute Gasteiger partial charge is 0.354 e. The van der Waals surface area contributed by atoms with Crippen LogP contribution < -0.4 is 9.62 Å². The van der Waals surface area contributed by atoms with Crippen LogP contribution in [0.3, 0.4) is 0 Å². The molecule has 10 heteroatoms. The van der Waals surface area contributed by atoms with Gasteiger partial charge in [-0.05, 0) is 62.6 Å². The van der Waals surface area contributed by atoms with Gasteiger partial charge in [-0.1, -0.05) is 78.2 Å². The molecule has 0 radical (unpaired) electrons. The molecule has 3 aromatic rings. The number of sulfonamides is 1. The molecule has 0 fully saturated rings. The summed E-state index contributed by atoms with van der Waals surface area (Å²) in [6.45, 7) is 5.53. The van der Waals surface area contributed by atoms with E-state index in [9.17, 15) is 18.0 Å². The standard InChI is InChI=1S/C29H33Cl2N3O4S/c1-4-17-32-29(36)22(3)33(18-16-23-8-6-5-7-9-23)28(35)20-34(27-19-24(30)12-15-26(27)31)39(37,38)25-13-10-21(2)11-14-25/h5-15,19,22H,4,16-18,20H2,1-3H3,(H,32,36). The number of benzene rings is 3. The van der Waals surface area contributed by atoms with Crippen LogP contribution in [0, 0.1) is 6.92 Å². The Hall–Kier alpha value is -3.07. The van der Waals surface area contributed by atoms with Gasteiger partial charge in [0.15, 0.2) is 0 Å². The van der Waals surface area contributed by atoms with Gasteiger partial charge in [-0.3, -0.25) is 13.9 Å². The van der Waals surface area contributed by atoms with Gasteiger partial charge in [-0.25, -0.2) is 8.42 Å². The highest BCUT2D eigenvalue weighted by atomic mass is 35.5. The molecule has 0 heterocycles. The van der Waals surface area contributed by atoms with E-state index in [1.807, 2.05) is 44.2 Å². The van der Waals surface area contributed by atoms with Gasteiger partial charge >= 0.3 is 0 Å². The fourth-order valence-electron chi connectivity index (χ4n) is 3.99. The Balaban J connectivity index is 2.01. The van der Waals surface area contributed by atoms with E-state index in [1.54, 1.807) is 19.1 Å². The lowest BCUT2D eigenvalue weighted by atomic mass is 10.1. The fraction of sp³-hybridized carbons (Fsp3) is 0.310. The van der Waals surface area contributed by atoms with Crippen LogP contribution in [0.4, 0.5) is 5.69 Å². The molecule has 3 aromatic carbocycles. The Morgan fingerprint density at radius 3 is 2.28 bits per heavy atom. The van der Waals surface area contributed by atoms with E-state index in [4.69, 9.17) is 23.2 Å². The van der Waals surface area contributed by atoms with Gasteiger partial charge in [0.2, 0.25) is 11.8 Å². The zero-order chi connectivity index (χ0) is 28.6. The third kappa shape index (κ3) is 7.97. The lowest BCUT2D eigenvalue weighted by Crippen LogP contribution is -2.52. The van der Waals surface area contributed by atoms with Crippen molar-refractivity contribution in [3.05, 3.63) is 94.0 Å². The summed E-state index contributed by atoms with van der Waals surface area (Å²) in [5.41, 5.74) is 1.94. The molecular formula is C29H33Cl2N3O4S. The lowest BCUT2D eigenvalue weighted by molar-refractivity contribution is -0.138. The maximum atomic E-state index is 13.9. The molecule has 1 atom stereocenters. The SMILES string of the molecule is CCCNC(=O)C(C)N(CCc1ccccc1)C(=O)CN(c1cc(Cl)ccc1Cl)S(=O)(=O)c1ccc(C)cc1. The number of aryl methyl sites for hydroxylation is 1. The van der Waals surface area contributed by atoms with Crippen LogP contribution in [-0.4, -0.2) is 50.8 Å². The molecule has 0 spiro atoms. The molecule has 0 aliphatic rings. The summed E-state index contributed by atoms with van der Waals surface area (Å²) < 4.78 is 28.7. The highest BCUT2D eigenvalue weighted by Gasteiger charge is 2.33. The van der Waals surface area contributed by atoms with Crippen LogP contribution in [-0.2, 0) is 26.0 Å². The number of nitrogens with zero attached hydrogens (tertiary/aromatic N) is 2. The second kappa shape index (κ2) is 13.8. The van der Waals surface area contributed by atoms with Crippen molar-refractivity contribution in [2.45, 2.75) is 44.6 Å². The molecule has 0 saturated heterocycles. The summed E-state index contributed by atoms with van der Waals surface area (Å²) in [6.07, 6.45) is 1.23. The number of carbonyl (C=O) groups excluding carboxylic acids is 2. The molecule has 0 saturated carbocycles. The second-order valence-corrected chi connectivity index (χ2v) is 11.9. The summed E-state index contributed by atoms with van der Waals surface area (Å²) in [6, 6.07) is 19.5. The van der Waals surface area contributed by atoms with Crippen molar-refractivity contribution < 1.29 is 18.0 Å². The molecule has 7 nitrogen and oxygen atoms in total. The molecule has 0 aromatic heterocycles. The second-order valence-electron chi connectivity index (χ2n) is 9.21. The van der Waals surface area contributed by atoms with Crippen molar-refractivity contribution in [1.29, 1.82) is 0 Å². The van der Waals surface area contributed by atoms with Crippen molar-refractivity contribution in [2.24, 2.45) is 0 Å². The van der Waals surface area contributed by atoms with E-state index < -0.39 is 28.5 Å². The lowest BCUT2D eigenvalue weighted by Gasteiger charge is -2.32. The fourth-order valence-corrected chi connectivity index (χ4v) is 5.85. The average Bonchev–Trinajstić information content (AvgIpc) is 2.92. The Kier molecular flexibility index (Phi) is 10.8. The van der Waals surface area contributed by atoms with Gasteiger partial charge in [-0.15, -0.1) is 0 Å². The van der Waals surface area contributed by atoms with E-state index in [2.05, 4.69) is 5.32 Å². The van der Waals surface area contributed by atoms with Crippen molar-refractivity contribution >= 4 is 50.7 Å². The zero-order valence-electron chi connectivity index (χ0n) is 22.2. The molecule has 0 bridgehead atoms. The van der Waals surface area contributed by atoms with E-state index in [1.165, 1.54) is 35.2 Å². The molecule has 3 rings (SSSR count). The zero-order valence-corrected chi connectivity index (χ0v) is 24.6. The number of hydrogen-bond acceptors (Lipinski definition) is 4. The first-order valence-corrected chi connectivity index (χ1v) is 14.9. The quantitative estimate of drug-likeness (QED) is 0.303. The van der Waals surface area contributed by atoms with Crippen LogP contribution in [0.2, 0.25) is 10.0 Å². The minimum Gasteiger partial charge on any atom is -0.354 e. The number of halogens is 2. The Morgan fingerprint density at radius 1 is 0.974 bits per heavy atom. The summed E-state index contributed by atoms with van der Waals surface area (Å²) in [5, 5.41) is 3.21. The molecule has 39 heavy (non-hydrogen) atoms. The van der Waals surface area contributed by atoms with E-state index in [-0.39, 0.29) is 33.1 Å². The van der Waals surface area contributed by atoms with E-state index in [0.717, 1.165) is 21.9 Å². The van der Waals surface area contributed by atoms with Gasteiger partial charge in [0, 0.05) is 18.1 Å². The number of carbonyl (C=O) groups is 2. The molecule has 208 valence electrons. The van der Waals surface area contributed by atoms with Crippen LogP contribution in [0.25, 0.3) is 0 Å². The number of amides is 2. The predicted octanol–water partition coefficient (Wildman–Crippen LogP) is 5.48. The summed E-state index contributed by atoms with van der Waals surface area (Å²) in [7, 11) is -4.22. The predicted molar refractivity (Wildman–Crippen MR) is 157 cm³/mol. The smallest absolute Gasteiger partial charge is 0.264 e. The first-order valence-electron chi connectivity index (χ1n) is 12.7. The Bertz CT molecular complexity index is 1380. The maximum Gasteiger partial charge on any atom is 0.264 e. The Morgan fingerprint density at radius 2 is 1.64 bits per heavy atom. The average molecular weight is 591 g/mol. The van der Waals surface area contributed by atoms with Crippen molar-refractivity contribution in [3.8, 4) is 0 Å². The summed E-state index contributed by atoms with van der Waals surface area (Å²) in [4.78, 5) is 28.2. The maximum absolute atomic E-state index is 13.9. The first-order chi connectivity index (χ1) is 18.5. The van der Waals surface area contributed by atoms with Gasteiger partial charge in [0.1, 0.15) is 12.6 Å². The molecule has 0 aliphatic carbocycles. The number of hydrogen-bond donors (Lipinski definition) is 1. The van der Waals surface area contributed by atoms with Gasteiger partial charge in [-0.2, -0.15) is 0 Å². The normalized spacial score (nSPS) is 12.0. The molecule has 0 aliphatic heterocycles. The highest BCUT2D eigenvalue weighted by Crippen LogP contribution is 2.33. The van der Waals surface area contributed by atoms with Crippen LogP contribution in [0.1, 0.15) is 31.4 Å². The molecular weight excluding hydrogens is 557 g/mol. The number of anilines is 1. The first kappa shape index (κ1) is 30.5. The summed E-state index contributed by atoms with van der Waals surface area (Å²) >= 11 is 12.6.